The first-order chi connectivity index (χ1) is 15.1. The van der Waals surface area contributed by atoms with Crippen LogP contribution in [0, 0.1) is 13.8 Å². The number of rotatable bonds is 14. The molecule has 2 aromatic carbocycles. The van der Waals surface area contributed by atoms with E-state index in [0.717, 1.165) is 0 Å². The van der Waals surface area contributed by atoms with Crippen LogP contribution < -0.4 is 10.4 Å². The fourth-order valence-electron chi connectivity index (χ4n) is 5.80. The van der Waals surface area contributed by atoms with Crippen molar-refractivity contribution in [3.05, 3.63) is 47.5 Å². The van der Waals surface area contributed by atoms with Crippen molar-refractivity contribution < 1.29 is 0 Å². The van der Waals surface area contributed by atoms with Gasteiger partial charge >= 0.3 is 0 Å². The highest BCUT2D eigenvalue weighted by molar-refractivity contribution is 7.05. The molecule has 0 fully saturated rings. The van der Waals surface area contributed by atoms with E-state index in [1.807, 2.05) is 0 Å². The van der Waals surface area contributed by atoms with Crippen LogP contribution in [-0.4, -0.2) is 8.07 Å². The van der Waals surface area contributed by atoms with Crippen LogP contribution in [0.4, 0.5) is 0 Å². The number of benzene rings is 2. The second-order valence-corrected chi connectivity index (χ2v) is 14.5. The second-order valence-electron chi connectivity index (χ2n) is 10.2. The summed E-state index contributed by atoms with van der Waals surface area (Å²) in [5.41, 5.74) is 6.05. The molecule has 0 aromatic heterocycles. The van der Waals surface area contributed by atoms with Crippen molar-refractivity contribution in [1.29, 1.82) is 0 Å². The van der Waals surface area contributed by atoms with Gasteiger partial charge < -0.3 is 0 Å². The summed E-state index contributed by atoms with van der Waals surface area (Å²) in [6, 6.07) is 17.6. The molecule has 1 aliphatic heterocycles. The molecule has 0 unspecified atom stereocenters. The van der Waals surface area contributed by atoms with E-state index in [4.69, 9.17) is 0 Å². The zero-order valence-electron chi connectivity index (χ0n) is 20.9. The number of unbranched alkanes of at least 4 members (excludes halogenated alkanes) is 10. The molecule has 0 atom stereocenters. The summed E-state index contributed by atoms with van der Waals surface area (Å²) in [6.07, 6.45) is 16.9. The molecule has 2 aromatic rings. The van der Waals surface area contributed by atoms with Crippen molar-refractivity contribution in [3.8, 4) is 11.1 Å². The summed E-state index contributed by atoms with van der Waals surface area (Å²) in [5.74, 6) is 0. The van der Waals surface area contributed by atoms with Crippen molar-refractivity contribution in [2.75, 3.05) is 0 Å². The van der Waals surface area contributed by atoms with Gasteiger partial charge in [0.05, 0.1) is 0 Å². The molecule has 0 amide bonds. The standard InChI is InChI=1S/C30H46Si/c1-5-7-9-11-13-15-21-31(22-16-14-12-10-8-6-2)29-23-25(3)17-19-27(29)28-20-18-26(4)24-30(28)31/h17-20,23-24H,5-16,21-22H2,1-4H3. The molecule has 3 rings (SSSR count). The molecule has 0 saturated heterocycles. The van der Waals surface area contributed by atoms with E-state index in [1.165, 1.54) is 100 Å². The van der Waals surface area contributed by atoms with Gasteiger partial charge in [-0.15, -0.1) is 0 Å². The van der Waals surface area contributed by atoms with Gasteiger partial charge in [-0.25, -0.2) is 0 Å². The normalized spacial score (nSPS) is 13.9. The molecule has 0 nitrogen and oxygen atoms in total. The predicted molar refractivity (Wildman–Crippen MR) is 143 cm³/mol. The molecule has 1 heterocycles. The van der Waals surface area contributed by atoms with Crippen molar-refractivity contribution in [1.82, 2.24) is 0 Å². The van der Waals surface area contributed by atoms with Crippen LogP contribution >= 0.6 is 0 Å². The van der Waals surface area contributed by atoms with E-state index in [1.54, 1.807) is 21.5 Å². The average molecular weight is 435 g/mol. The fraction of sp³-hybridized carbons (Fsp3) is 0.600. The maximum atomic E-state index is 2.59. The van der Waals surface area contributed by atoms with Crippen LogP contribution in [0.3, 0.4) is 0 Å². The summed E-state index contributed by atoms with van der Waals surface area (Å²) in [7, 11) is -1.67. The number of hydrogen-bond donors (Lipinski definition) is 0. The van der Waals surface area contributed by atoms with E-state index in [9.17, 15) is 0 Å². The molecule has 0 radical (unpaired) electrons. The van der Waals surface area contributed by atoms with Gasteiger partial charge in [0.15, 0.2) is 0 Å². The third-order valence-corrected chi connectivity index (χ3v) is 12.9. The zero-order chi connectivity index (χ0) is 22.1. The second kappa shape index (κ2) is 12.0. The summed E-state index contributed by atoms with van der Waals surface area (Å²) in [6.45, 7) is 9.23. The third kappa shape index (κ3) is 5.92. The number of aryl methyl sites for hydroxylation is 2. The van der Waals surface area contributed by atoms with E-state index in [2.05, 4.69) is 64.1 Å². The lowest BCUT2D eigenvalue weighted by atomic mass is 10.0. The fourth-order valence-corrected chi connectivity index (χ4v) is 11.6. The highest BCUT2D eigenvalue weighted by Gasteiger charge is 2.44. The highest BCUT2D eigenvalue weighted by Crippen LogP contribution is 2.36. The Morgan fingerprint density at radius 2 is 0.903 bits per heavy atom. The van der Waals surface area contributed by atoms with Crippen LogP contribution in [0.25, 0.3) is 11.1 Å². The first kappa shape index (κ1) is 24.3. The minimum Gasteiger partial charge on any atom is -0.0654 e. The largest absolute Gasteiger partial charge is 0.119 e. The molecule has 0 N–H and O–H groups in total. The maximum absolute atomic E-state index is 2.59. The minimum atomic E-state index is -1.67. The Bertz CT molecular complexity index is 750. The third-order valence-electron chi connectivity index (χ3n) is 7.59. The molecule has 1 heteroatoms. The van der Waals surface area contributed by atoms with Crippen molar-refractivity contribution in [2.45, 2.75) is 117 Å². The van der Waals surface area contributed by atoms with Crippen LogP contribution in [0.5, 0.6) is 0 Å². The Morgan fingerprint density at radius 1 is 0.516 bits per heavy atom. The topological polar surface area (TPSA) is 0 Å². The van der Waals surface area contributed by atoms with E-state index in [0.29, 0.717) is 0 Å². The Hall–Kier alpha value is -1.34. The van der Waals surface area contributed by atoms with Gasteiger partial charge in [-0.3, -0.25) is 0 Å². The van der Waals surface area contributed by atoms with Crippen LogP contribution in [-0.2, 0) is 0 Å². The maximum Gasteiger partial charge on any atom is 0.119 e. The summed E-state index contributed by atoms with van der Waals surface area (Å²) >= 11 is 0. The number of hydrogen-bond acceptors (Lipinski definition) is 0. The first-order valence-corrected chi connectivity index (χ1v) is 15.8. The summed E-state index contributed by atoms with van der Waals surface area (Å²) in [5, 5.41) is 3.55. The summed E-state index contributed by atoms with van der Waals surface area (Å²) in [4.78, 5) is 0. The van der Waals surface area contributed by atoms with Gasteiger partial charge in [0.2, 0.25) is 0 Å². The molecule has 0 saturated carbocycles. The van der Waals surface area contributed by atoms with Gasteiger partial charge in [-0.1, -0.05) is 138 Å². The highest BCUT2D eigenvalue weighted by atomic mass is 28.3. The van der Waals surface area contributed by atoms with Crippen molar-refractivity contribution >= 4 is 18.4 Å². The predicted octanol–water partition coefficient (Wildman–Crippen LogP) is 8.57. The Labute approximate surface area is 193 Å². The van der Waals surface area contributed by atoms with Crippen molar-refractivity contribution in [3.63, 3.8) is 0 Å². The molecule has 1 aliphatic rings. The first-order valence-electron chi connectivity index (χ1n) is 13.3. The molecular formula is C30H46Si. The van der Waals surface area contributed by atoms with E-state index in [-0.39, 0.29) is 0 Å². The molecule has 31 heavy (non-hydrogen) atoms. The quantitative estimate of drug-likeness (QED) is 0.206. The molecule has 170 valence electrons. The molecule has 0 spiro atoms. The van der Waals surface area contributed by atoms with Gasteiger partial charge in [0.25, 0.3) is 0 Å². The summed E-state index contributed by atoms with van der Waals surface area (Å²) < 4.78 is 0. The lowest BCUT2D eigenvalue weighted by Crippen LogP contribution is -2.55. The lowest BCUT2D eigenvalue weighted by molar-refractivity contribution is 0.616. The van der Waals surface area contributed by atoms with Crippen LogP contribution in [0.1, 0.15) is 102 Å². The molecular weight excluding hydrogens is 388 g/mol. The zero-order valence-corrected chi connectivity index (χ0v) is 21.9. The Kier molecular flexibility index (Phi) is 9.44. The van der Waals surface area contributed by atoms with Gasteiger partial charge in [0.1, 0.15) is 8.07 Å². The Balaban J connectivity index is 1.85. The Morgan fingerprint density at radius 3 is 1.32 bits per heavy atom. The van der Waals surface area contributed by atoms with E-state index >= 15 is 0 Å². The van der Waals surface area contributed by atoms with Gasteiger partial charge in [-0.2, -0.15) is 0 Å². The van der Waals surface area contributed by atoms with Gasteiger partial charge in [-0.05, 0) is 47.4 Å². The minimum absolute atomic E-state index is 1.34. The number of fused-ring (bicyclic) bond motifs is 3. The average Bonchev–Trinajstić information content (AvgIpc) is 3.02. The SMILES string of the molecule is CCCCCCCC[Si]1(CCCCCCCC)c2cc(C)ccc2-c2ccc(C)cc21. The van der Waals surface area contributed by atoms with Gasteiger partial charge in [0, 0.05) is 0 Å². The van der Waals surface area contributed by atoms with Crippen LogP contribution in [0.2, 0.25) is 12.1 Å². The smallest absolute Gasteiger partial charge is 0.0654 e. The molecule has 0 bridgehead atoms. The van der Waals surface area contributed by atoms with Crippen molar-refractivity contribution in [2.24, 2.45) is 0 Å². The van der Waals surface area contributed by atoms with Crippen LogP contribution in [0.15, 0.2) is 36.4 Å². The monoisotopic (exact) mass is 434 g/mol. The lowest BCUT2D eigenvalue weighted by Gasteiger charge is -2.31. The molecule has 0 aliphatic carbocycles. The van der Waals surface area contributed by atoms with E-state index < -0.39 is 8.07 Å².